The van der Waals surface area contributed by atoms with Gasteiger partial charge < -0.3 is 5.32 Å². The molecule has 0 spiro atoms. The Balaban J connectivity index is 2.73. The maximum atomic E-state index is 13.4. The Hall–Kier alpha value is -1.64. The molecule has 0 amide bonds. The summed E-state index contributed by atoms with van der Waals surface area (Å²) in [5.41, 5.74) is 3.77. The number of nitrogens with one attached hydrogen (secondary N) is 1. The zero-order chi connectivity index (χ0) is 12.4. The number of nitrogens with zero attached hydrogens (tertiary/aromatic N) is 1. The summed E-state index contributed by atoms with van der Waals surface area (Å²) in [6.07, 6.45) is 2.00. The summed E-state index contributed by atoms with van der Waals surface area (Å²) in [5, 5.41) is 3.97. The number of fused-ring (bicyclic) bond motifs is 1. The number of anilines is 1. The third-order valence-electron chi connectivity index (χ3n) is 2.90. The predicted octanol–water partition coefficient (Wildman–Crippen LogP) is 3.68. The Bertz CT molecular complexity index is 549. The van der Waals surface area contributed by atoms with Gasteiger partial charge in [-0.15, -0.1) is 0 Å². The predicted molar refractivity (Wildman–Crippen MR) is 70.0 cm³/mol. The lowest BCUT2D eigenvalue weighted by Gasteiger charge is -2.10. The smallest absolute Gasteiger partial charge is 0.124 e. The molecule has 1 aromatic heterocycles. The van der Waals surface area contributed by atoms with Gasteiger partial charge in [-0.2, -0.15) is 0 Å². The molecule has 0 saturated heterocycles. The molecule has 1 N–H and O–H groups in total. The fourth-order valence-electron chi connectivity index (χ4n) is 2.10. The molecule has 2 rings (SSSR count). The Labute approximate surface area is 101 Å². The molecule has 0 aliphatic heterocycles. The van der Waals surface area contributed by atoms with Crippen molar-refractivity contribution >= 4 is 16.6 Å². The average molecular weight is 232 g/mol. The molecule has 1 aromatic carbocycles. The van der Waals surface area contributed by atoms with Crippen molar-refractivity contribution in [3.63, 3.8) is 0 Å². The second-order valence-electron chi connectivity index (χ2n) is 4.28. The summed E-state index contributed by atoms with van der Waals surface area (Å²) in [6.45, 7) is 4.02. The number of benzene rings is 1. The Morgan fingerprint density at radius 3 is 2.71 bits per heavy atom. The maximum absolute atomic E-state index is 13.4. The maximum Gasteiger partial charge on any atom is 0.124 e. The van der Waals surface area contributed by atoms with Crippen molar-refractivity contribution in [3.05, 3.63) is 35.3 Å². The highest BCUT2D eigenvalue weighted by atomic mass is 19.1. The summed E-state index contributed by atoms with van der Waals surface area (Å²) in [4.78, 5) is 4.61. The van der Waals surface area contributed by atoms with Gasteiger partial charge in [-0.25, -0.2) is 4.39 Å². The molecule has 0 aliphatic carbocycles. The van der Waals surface area contributed by atoms with E-state index in [1.165, 1.54) is 12.1 Å². The van der Waals surface area contributed by atoms with Gasteiger partial charge in [0.05, 0.1) is 5.52 Å². The lowest BCUT2D eigenvalue weighted by Crippen LogP contribution is -1.98. The zero-order valence-electron chi connectivity index (χ0n) is 10.5. The Morgan fingerprint density at radius 1 is 1.29 bits per heavy atom. The van der Waals surface area contributed by atoms with Gasteiger partial charge in [0.25, 0.3) is 0 Å². The van der Waals surface area contributed by atoms with Crippen LogP contribution in [0.3, 0.4) is 0 Å². The zero-order valence-corrected chi connectivity index (χ0v) is 10.5. The van der Waals surface area contributed by atoms with Gasteiger partial charge in [-0.3, -0.25) is 4.98 Å². The third kappa shape index (κ3) is 2.23. The van der Waals surface area contributed by atoms with Gasteiger partial charge in [0.2, 0.25) is 0 Å². The van der Waals surface area contributed by atoms with Gasteiger partial charge >= 0.3 is 0 Å². The number of aryl methyl sites for hydroxylation is 2. The van der Waals surface area contributed by atoms with Crippen molar-refractivity contribution in [2.75, 3.05) is 12.4 Å². The molecular formula is C14H17FN2. The second kappa shape index (κ2) is 4.70. The molecule has 0 unspecified atom stereocenters. The molecular weight excluding hydrogens is 215 g/mol. The summed E-state index contributed by atoms with van der Waals surface area (Å²) >= 11 is 0. The lowest BCUT2D eigenvalue weighted by molar-refractivity contribution is 0.628. The van der Waals surface area contributed by atoms with Crippen LogP contribution >= 0.6 is 0 Å². The monoisotopic (exact) mass is 232 g/mol. The first-order valence-electron chi connectivity index (χ1n) is 5.93. The van der Waals surface area contributed by atoms with E-state index >= 15 is 0 Å². The molecule has 17 heavy (non-hydrogen) atoms. The standard InChI is InChI=1S/C14H17FN2/c1-4-5-11-8-13(16-3)12-7-10(15)6-9(2)14(12)17-11/h6-8H,4-5H2,1-3H3,(H,16,17). The van der Waals surface area contributed by atoms with Gasteiger partial charge in [0, 0.05) is 23.8 Å². The van der Waals surface area contributed by atoms with E-state index in [1.54, 1.807) is 0 Å². The van der Waals surface area contributed by atoms with Crippen LogP contribution in [0.2, 0.25) is 0 Å². The number of pyridine rings is 1. The van der Waals surface area contributed by atoms with E-state index < -0.39 is 0 Å². The van der Waals surface area contributed by atoms with E-state index in [0.29, 0.717) is 0 Å². The van der Waals surface area contributed by atoms with Crippen molar-refractivity contribution in [1.29, 1.82) is 0 Å². The molecule has 90 valence electrons. The minimum atomic E-state index is -0.212. The molecule has 0 saturated carbocycles. The molecule has 2 aromatic rings. The first-order chi connectivity index (χ1) is 8.15. The topological polar surface area (TPSA) is 24.9 Å². The van der Waals surface area contributed by atoms with E-state index in [-0.39, 0.29) is 5.82 Å². The van der Waals surface area contributed by atoms with E-state index in [9.17, 15) is 4.39 Å². The number of hydrogen-bond acceptors (Lipinski definition) is 2. The molecule has 0 atom stereocenters. The van der Waals surface area contributed by atoms with Crippen LogP contribution in [0.4, 0.5) is 10.1 Å². The van der Waals surface area contributed by atoms with Gasteiger partial charge in [-0.1, -0.05) is 13.3 Å². The average Bonchev–Trinajstić information content (AvgIpc) is 2.29. The fraction of sp³-hybridized carbons (Fsp3) is 0.357. The highest BCUT2D eigenvalue weighted by Crippen LogP contribution is 2.26. The first-order valence-corrected chi connectivity index (χ1v) is 5.93. The van der Waals surface area contributed by atoms with Crippen LogP contribution in [0, 0.1) is 12.7 Å². The van der Waals surface area contributed by atoms with Crippen LogP contribution in [0.1, 0.15) is 24.6 Å². The Kier molecular flexibility index (Phi) is 3.27. The second-order valence-corrected chi connectivity index (χ2v) is 4.28. The highest BCUT2D eigenvalue weighted by molar-refractivity contribution is 5.93. The molecule has 2 nitrogen and oxygen atoms in total. The van der Waals surface area contributed by atoms with Crippen molar-refractivity contribution in [2.45, 2.75) is 26.7 Å². The molecule has 0 bridgehead atoms. The van der Waals surface area contributed by atoms with Crippen molar-refractivity contribution in [2.24, 2.45) is 0 Å². The summed E-state index contributed by atoms with van der Waals surface area (Å²) in [7, 11) is 1.85. The van der Waals surface area contributed by atoms with Crippen LogP contribution < -0.4 is 5.32 Å². The minimum absolute atomic E-state index is 0.212. The normalized spacial score (nSPS) is 10.8. The van der Waals surface area contributed by atoms with E-state index in [0.717, 1.165) is 40.7 Å². The summed E-state index contributed by atoms with van der Waals surface area (Å²) in [5.74, 6) is -0.212. The van der Waals surface area contributed by atoms with Gasteiger partial charge in [-0.05, 0) is 37.1 Å². The van der Waals surface area contributed by atoms with Gasteiger partial charge in [0.1, 0.15) is 5.82 Å². The van der Waals surface area contributed by atoms with Crippen LogP contribution in [-0.2, 0) is 6.42 Å². The number of aromatic nitrogens is 1. The Morgan fingerprint density at radius 2 is 2.06 bits per heavy atom. The lowest BCUT2D eigenvalue weighted by atomic mass is 10.1. The number of halogens is 1. The van der Waals surface area contributed by atoms with Crippen molar-refractivity contribution < 1.29 is 4.39 Å². The number of rotatable bonds is 3. The molecule has 1 heterocycles. The van der Waals surface area contributed by atoms with Crippen molar-refractivity contribution in [1.82, 2.24) is 4.98 Å². The minimum Gasteiger partial charge on any atom is -0.388 e. The molecule has 0 aliphatic rings. The van der Waals surface area contributed by atoms with Crippen molar-refractivity contribution in [3.8, 4) is 0 Å². The fourth-order valence-corrected chi connectivity index (χ4v) is 2.10. The van der Waals surface area contributed by atoms with E-state index in [4.69, 9.17) is 0 Å². The van der Waals surface area contributed by atoms with Crippen LogP contribution in [-0.4, -0.2) is 12.0 Å². The SMILES string of the molecule is CCCc1cc(NC)c2cc(F)cc(C)c2n1. The highest BCUT2D eigenvalue weighted by Gasteiger charge is 2.08. The van der Waals surface area contributed by atoms with Crippen LogP contribution in [0.15, 0.2) is 18.2 Å². The van der Waals surface area contributed by atoms with E-state index in [1.807, 2.05) is 20.0 Å². The first kappa shape index (κ1) is 11.8. The van der Waals surface area contributed by atoms with Crippen LogP contribution in [0.25, 0.3) is 10.9 Å². The summed E-state index contributed by atoms with van der Waals surface area (Å²) < 4.78 is 13.4. The van der Waals surface area contributed by atoms with E-state index in [2.05, 4.69) is 17.2 Å². The number of hydrogen-bond donors (Lipinski definition) is 1. The quantitative estimate of drug-likeness (QED) is 0.873. The third-order valence-corrected chi connectivity index (χ3v) is 2.90. The molecule has 0 fully saturated rings. The largest absolute Gasteiger partial charge is 0.388 e. The van der Waals surface area contributed by atoms with Crippen LogP contribution in [0.5, 0.6) is 0 Å². The molecule has 0 radical (unpaired) electrons. The summed E-state index contributed by atoms with van der Waals surface area (Å²) in [6, 6.07) is 5.08. The van der Waals surface area contributed by atoms with Gasteiger partial charge in [0.15, 0.2) is 0 Å². The molecule has 3 heteroatoms.